The number of hydrogen-bond acceptors (Lipinski definition) is 6. The molecular formula is C13H24N6O. The highest BCUT2D eigenvalue weighted by molar-refractivity contribution is 6.02. The molecule has 0 fully saturated rings. The SMILES string of the molecule is Cc1nnc(N(C)CCCN(C)C)c(C(N)=NO)c1C. The second kappa shape index (κ2) is 7.04. The van der Waals surface area contributed by atoms with Gasteiger partial charge in [-0.1, -0.05) is 5.16 Å². The van der Waals surface area contributed by atoms with Crippen LogP contribution in [-0.4, -0.2) is 60.4 Å². The number of rotatable bonds is 6. The average molecular weight is 280 g/mol. The molecular weight excluding hydrogens is 256 g/mol. The first-order valence-corrected chi connectivity index (χ1v) is 6.56. The molecule has 0 aliphatic carbocycles. The third kappa shape index (κ3) is 3.80. The summed E-state index contributed by atoms with van der Waals surface area (Å²) in [5.41, 5.74) is 8.08. The Morgan fingerprint density at radius 2 is 1.85 bits per heavy atom. The largest absolute Gasteiger partial charge is 0.409 e. The van der Waals surface area contributed by atoms with Crippen LogP contribution in [0.25, 0.3) is 0 Å². The molecule has 112 valence electrons. The third-order valence-corrected chi connectivity index (χ3v) is 3.26. The average Bonchev–Trinajstić information content (AvgIpc) is 2.40. The lowest BCUT2D eigenvalue weighted by molar-refractivity contribution is 0.318. The summed E-state index contributed by atoms with van der Waals surface area (Å²) in [4.78, 5) is 4.11. The minimum Gasteiger partial charge on any atom is -0.409 e. The molecule has 1 aromatic rings. The molecule has 0 aliphatic heterocycles. The van der Waals surface area contributed by atoms with Crippen molar-refractivity contribution in [2.24, 2.45) is 10.9 Å². The number of nitrogens with two attached hydrogens (primary N) is 1. The van der Waals surface area contributed by atoms with Crippen LogP contribution < -0.4 is 10.6 Å². The fourth-order valence-electron chi connectivity index (χ4n) is 1.95. The monoisotopic (exact) mass is 280 g/mol. The maximum atomic E-state index is 8.95. The van der Waals surface area contributed by atoms with Gasteiger partial charge < -0.3 is 20.7 Å². The van der Waals surface area contributed by atoms with Crippen LogP contribution in [0, 0.1) is 13.8 Å². The molecule has 0 spiro atoms. The smallest absolute Gasteiger partial charge is 0.174 e. The van der Waals surface area contributed by atoms with Crippen LogP contribution in [0.4, 0.5) is 5.82 Å². The van der Waals surface area contributed by atoms with Crippen molar-refractivity contribution < 1.29 is 5.21 Å². The van der Waals surface area contributed by atoms with E-state index >= 15 is 0 Å². The molecule has 3 N–H and O–H groups in total. The van der Waals surface area contributed by atoms with E-state index in [4.69, 9.17) is 10.9 Å². The molecule has 0 saturated carbocycles. The van der Waals surface area contributed by atoms with Crippen LogP contribution >= 0.6 is 0 Å². The maximum absolute atomic E-state index is 8.95. The zero-order valence-corrected chi connectivity index (χ0v) is 12.9. The molecule has 0 atom stereocenters. The van der Waals surface area contributed by atoms with Crippen molar-refractivity contribution in [1.82, 2.24) is 15.1 Å². The fourth-order valence-corrected chi connectivity index (χ4v) is 1.95. The van der Waals surface area contributed by atoms with Crippen molar-refractivity contribution in [2.75, 3.05) is 39.1 Å². The van der Waals surface area contributed by atoms with Crippen molar-refractivity contribution >= 4 is 11.7 Å². The number of nitrogens with zero attached hydrogens (tertiary/aromatic N) is 5. The van der Waals surface area contributed by atoms with E-state index in [9.17, 15) is 0 Å². The highest BCUT2D eigenvalue weighted by Crippen LogP contribution is 2.21. The van der Waals surface area contributed by atoms with E-state index in [0.717, 1.165) is 30.8 Å². The number of amidine groups is 1. The van der Waals surface area contributed by atoms with Crippen molar-refractivity contribution in [3.8, 4) is 0 Å². The standard InChI is InChI=1S/C13H24N6O/c1-9-10(2)15-16-13(11(9)12(14)17-20)19(5)8-6-7-18(3)4/h20H,6-8H2,1-5H3,(H2,14,17). The summed E-state index contributed by atoms with van der Waals surface area (Å²) >= 11 is 0. The zero-order valence-electron chi connectivity index (χ0n) is 12.9. The van der Waals surface area contributed by atoms with Gasteiger partial charge in [-0.3, -0.25) is 0 Å². The Balaban J connectivity index is 3.02. The fraction of sp³-hybridized carbons (Fsp3) is 0.615. The summed E-state index contributed by atoms with van der Waals surface area (Å²) in [6.07, 6.45) is 0.994. The second-order valence-corrected chi connectivity index (χ2v) is 5.17. The molecule has 7 heteroatoms. The van der Waals surface area contributed by atoms with Gasteiger partial charge in [0.25, 0.3) is 0 Å². The van der Waals surface area contributed by atoms with E-state index in [1.807, 2.05) is 39.9 Å². The van der Waals surface area contributed by atoms with E-state index in [1.54, 1.807) is 0 Å². The summed E-state index contributed by atoms with van der Waals surface area (Å²) in [5.74, 6) is 0.706. The summed E-state index contributed by atoms with van der Waals surface area (Å²) in [5, 5.41) is 20.4. The van der Waals surface area contributed by atoms with Gasteiger partial charge in [-0.2, -0.15) is 5.10 Å². The van der Waals surface area contributed by atoms with E-state index in [2.05, 4.69) is 20.3 Å². The lowest BCUT2D eigenvalue weighted by Crippen LogP contribution is -2.28. The lowest BCUT2D eigenvalue weighted by Gasteiger charge is -2.22. The molecule has 0 unspecified atom stereocenters. The number of hydrogen-bond donors (Lipinski definition) is 2. The predicted octanol–water partition coefficient (Wildman–Crippen LogP) is 0.576. The predicted molar refractivity (Wildman–Crippen MR) is 80.5 cm³/mol. The quantitative estimate of drug-likeness (QED) is 0.343. The maximum Gasteiger partial charge on any atom is 0.174 e. The Bertz CT molecular complexity index is 486. The van der Waals surface area contributed by atoms with Gasteiger partial charge in [0.1, 0.15) is 0 Å². The van der Waals surface area contributed by atoms with Crippen LogP contribution in [0.1, 0.15) is 23.2 Å². The highest BCUT2D eigenvalue weighted by Gasteiger charge is 2.18. The first kappa shape index (κ1) is 16.2. The molecule has 0 aliphatic rings. The van der Waals surface area contributed by atoms with Gasteiger partial charge in [0.05, 0.1) is 11.3 Å². The normalized spacial score (nSPS) is 12.0. The van der Waals surface area contributed by atoms with Gasteiger partial charge in [-0.05, 0) is 46.5 Å². The first-order chi connectivity index (χ1) is 9.38. The van der Waals surface area contributed by atoms with E-state index in [0.29, 0.717) is 11.4 Å². The number of anilines is 1. The van der Waals surface area contributed by atoms with Crippen molar-refractivity contribution in [3.05, 3.63) is 16.8 Å². The minimum absolute atomic E-state index is 0.0648. The topological polar surface area (TPSA) is 90.9 Å². The Kier molecular flexibility index (Phi) is 5.69. The second-order valence-electron chi connectivity index (χ2n) is 5.17. The molecule has 1 heterocycles. The number of oxime groups is 1. The summed E-state index contributed by atoms with van der Waals surface area (Å²) in [6, 6.07) is 0. The zero-order chi connectivity index (χ0) is 15.3. The highest BCUT2D eigenvalue weighted by atomic mass is 16.4. The molecule has 7 nitrogen and oxygen atoms in total. The van der Waals surface area contributed by atoms with Gasteiger partial charge in [0.2, 0.25) is 0 Å². The van der Waals surface area contributed by atoms with Crippen LogP contribution in [0.3, 0.4) is 0 Å². The summed E-state index contributed by atoms with van der Waals surface area (Å²) in [7, 11) is 6.01. The van der Waals surface area contributed by atoms with E-state index in [-0.39, 0.29) is 5.84 Å². The molecule has 0 amide bonds. The van der Waals surface area contributed by atoms with Gasteiger partial charge in [-0.15, -0.1) is 5.10 Å². The van der Waals surface area contributed by atoms with Crippen molar-refractivity contribution in [2.45, 2.75) is 20.3 Å². The van der Waals surface area contributed by atoms with Crippen LogP contribution in [0.5, 0.6) is 0 Å². The summed E-state index contributed by atoms with van der Waals surface area (Å²) < 4.78 is 0. The lowest BCUT2D eigenvalue weighted by atomic mass is 10.1. The van der Waals surface area contributed by atoms with Crippen molar-refractivity contribution in [3.63, 3.8) is 0 Å². The van der Waals surface area contributed by atoms with Crippen LogP contribution in [0.15, 0.2) is 5.16 Å². The Hall–Kier alpha value is -1.89. The first-order valence-electron chi connectivity index (χ1n) is 6.56. The Labute approximate surface area is 120 Å². The number of aromatic nitrogens is 2. The Morgan fingerprint density at radius 1 is 1.20 bits per heavy atom. The van der Waals surface area contributed by atoms with Gasteiger partial charge >= 0.3 is 0 Å². The van der Waals surface area contributed by atoms with E-state index in [1.165, 1.54) is 0 Å². The molecule has 20 heavy (non-hydrogen) atoms. The molecule has 1 rings (SSSR count). The van der Waals surface area contributed by atoms with Gasteiger partial charge in [-0.25, -0.2) is 0 Å². The third-order valence-electron chi connectivity index (χ3n) is 3.26. The van der Waals surface area contributed by atoms with Crippen LogP contribution in [0.2, 0.25) is 0 Å². The molecule has 0 aromatic carbocycles. The van der Waals surface area contributed by atoms with Gasteiger partial charge in [0.15, 0.2) is 11.7 Å². The Morgan fingerprint density at radius 3 is 2.40 bits per heavy atom. The number of aryl methyl sites for hydroxylation is 1. The van der Waals surface area contributed by atoms with E-state index < -0.39 is 0 Å². The van der Waals surface area contributed by atoms with Crippen LogP contribution in [-0.2, 0) is 0 Å². The van der Waals surface area contributed by atoms with Crippen molar-refractivity contribution in [1.29, 1.82) is 0 Å². The molecule has 0 saturated heterocycles. The molecule has 0 radical (unpaired) electrons. The summed E-state index contributed by atoms with van der Waals surface area (Å²) in [6.45, 7) is 5.56. The van der Waals surface area contributed by atoms with Gasteiger partial charge in [0, 0.05) is 13.6 Å². The minimum atomic E-state index is 0.0648. The molecule has 1 aromatic heterocycles. The molecule has 0 bridgehead atoms.